The Labute approximate surface area is 73.6 Å². The molecule has 0 radical (unpaired) electrons. The predicted molar refractivity (Wildman–Crippen MR) is 46.0 cm³/mol. The van der Waals surface area contributed by atoms with Crippen molar-refractivity contribution in [2.45, 2.75) is 0 Å². The van der Waals surface area contributed by atoms with E-state index in [1.165, 1.54) is 12.1 Å². The van der Waals surface area contributed by atoms with Gasteiger partial charge in [-0.25, -0.2) is 4.98 Å². The number of halogens is 1. The van der Waals surface area contributed by atoms with Crippen LogP contribution in [0.4, 0.5) is 5.69 Å². The van der Waals surface area contributed by atoms with Crippen molar-refractivity contribution < 1.29 is 4.92 Å². The van der Waals surface area contributed by atoms with Gasteiger partial charge in [-0.05, 0) is 6.08 Å². The van der Waals surface area contributed by atoms with Crippen molar-refractivity contribution >= 4 is 23.4 Å². The highest BCUT2D eigenvalue weighted by atomic mass is 35.5. The van der Waals surface area contributed by atoms with Crippen LogP contribution in [-0.4, -0.2) is 9.91 Å². The van der Waals surface area contributed by atoms with Crippen LogP contribution in [0.3, 0.4) is 0 Å². The molecule has 0 aliphatic heterocycles. The van der Waals surface area contributed by atoms with Crippen LogP contribution in [0, 0.1) is 10.1 Å². The molecule has 0 unspecified atom stereocenters. The van der Waals surface area contributed by atoms with Gasteiger partial charge in [0.15, 0.2) is 0 Å². The van der Waals surface area contributed by atoms with Crippen molar-refractivity contribution in [3.63, 3.8) is 0 Å². The Morgan fingerprint density at radius 3 is 2.83 bits per heavy atom. The summed E-state index contributed by atoms with van der Waals surface area (Å²) in [5.41, 5.74) is 0.327. The van der Waals surface area contributed by atoms with E-state index >= 15 is 0 Å². The fourth-order valence-electron chi connectivity index (χ4n) is 0.688. The molecule has 0 spiro atoms. The summed E-state index contributed by atoms with van der Waals surface area (Å²) in [5, 5.41) is 10.5. The second-order valence-electron chi connectivity index (χ2n) is 2.02. The van der Waals surface area contributed by atoms with E-state index in [0.29, 0.717) is 5.69 Å². The lowest BCUT2D eigenvalue weighted by atomic mass is 10.3. The van der Waals surface area contributed by atoms with Crippen molar-refractivity contribution in [3.8, 4) is 0 Å². The Morgan fingerprint density at radius 1 is 1.75 bits per heavy atom. The van der Waals surface area contributed by atoms with E-state index in [-0.39, 0.29) is 10.7 Å². The fraction of sp³-hybridized carbons (Fsp3) is 0. The second kappa shape index (κ2) is 3.32. The lowest BCUT2D eigenvalue weighted by molar-refractivity contribution is -0.385. The molecule has 0 saturated heterocycles. The minimum Gasteiger partial charge on any atom is -0.258 e. The lowest BCUT2D eigenvalue weighted by Gasteiger charge is -1.95. The van der Waals surface area contributed by atoms with Gasteiger partial charge in [-0.3, -0.25) is 10.1 Å². The molecular formula is C7H5ClN2O2. The highest BCUT2D eigenvalue weighted by Crippen LogP contribution is 2.20. The van der Waals surface area contributed by atoms with Gasteiger partial charge in [0.1, 0.15) is 6.20 Å². The molecule has 0 saturated carbocycles. The molecule has 0 aromatic carbocycles. The molecule has 4 nitrogen and oxygen atoms in total. The molecular weight excluding hydrogens is 180 g/mol. The van der Waals surface area contributed by atoms with E-state index in [1.807, 2.05) is 0 Å². The zero-order chi connectivity index (χ0) is 9.14. The normalized spacial score (nSPS) is 9.42. The van der Waals surface area contributed by atoms with Crippen LogP contribution in [0.25, 0.3) is 6.08 Å². The first-order valence-electron chi connectivity index (χ1n) is 3.07. The fourth-order valence-corrected chi connectivity index (χ4v) is 0.926. The predicted octanol–water partition coefficient (Wildman–Crippen LogP) is 2.29. The van der Waals surface area contributed by atoms with Crippen LogP contribution >= 0.6 is 11.6 Å². The Bertz CT molecular complexity index is 338. The third kappa shape index (κ3) is 1.60. The zero-order valence-corrected chi connectivity index (χ0v) is 6.78. The average molecular weight is 185 g/mol. The number of pyridine rings is 1. The van der Waals surface area contributed by atoms with Gasteiger partial charge in [-0.1, -0.05) is 18.2 Å². The molecule has 1 aromatic rings. The number of nitro groups is 1. The Hall–Kier alpha value is -1.42. The molecule has 5 heteroatoms. The van der Waals surface area contributed by atoms with Gasteiger partial charge in [0.25, 0.3) is 5.69 Å². The van der Waals surface area contributed by atoms with Gasteiger partial charge < -0.3 is 0 Å². The quantitative estimate of drug-likeness (QED) is 0.523. The van der Waals surface area contributed by atoms with E-state index in [2.05, 4.69) is 11.6 Å². The van der Waals surface area contributed by atoms with E-state index in [4.69, 9.17) is 11.6 Å². The first-order chi connectivity index (χ1) is 5.65. The third-order valence-corrected chi connectivity index (χ3v) is 1.56. The molecule has 12 heavy (non-hydrogen) atoms. The van der Waals surface area contributed by atoms with Gasteiger partial charge in [0.2, 0.25) is 0 Å². The van der Waals surface area contributed by atoms with Crippen molar-refractivity contribution in [1.29, 1.82) is 0 Å². The standard InChI is InChI=1S/C7H5ClN2O2/c1-2-7-6(8)3-5(4-9-7)10(11)12/h2-4H,1H2. The Morgan fingerprint density at radius 2 is 2.42 bits per heavy atom. The van der Waals surface area contributed by atoms with E-state index in [1.54, 1.807) is 0 Å². The van der Waals surface area contributed by atoms with E-state index < -0.39 is 4.92 Å². The van der Waals surface area contributed by atoms with Crippen molar-refractivity contribution in [1.82, 2.24) is 4.98 Å². The van der Waals surface area contributed by atoms with Crippen LogP contribution in [0.15, 0.2) is 18.8 Å². The molecule has 0 atom stereocenters. The first kappa shape index (κ1) is 8.67. The molecule has 0 bridgehead atoms. The van der Waals surface area contributed by atoms with Gasteiger partial charge in [-0.2, -0.15) is 0 Å². The monoisotopic (exact) mass is 184 g/mol. The van der Waals surface area contributed by atoms with Crippen LogP contribution in [0.2, 0.25) is 5.02 Å². The largest absolute Gasteiger partial charge is 0.289 e. The summed E-state index contributed by atoms with van der Waals surface area (Å²) in [7, 11) is 0. The molecule has 0 amide bonds. The first-order valence-corrected chi connectivity index (χ1v) is 3.45. The molecule has 62 valence electrons. The lowest BCUT2D eigenvalue weighted by Crippen LogP contribution is -1.90. The smallest absolute Gasteiger partial charge is 0.258 e. The molecule has 1 heterocycles. The summed E-state index contributed by atoms with van der Waals surface area (Å²) in [6.45, 7) is 3.45. The van der Waals surface area contributed by atoms with Crippen LogP contribution < -0.4 is 0 Å². The van der Waals surface area contributed by atoms with Crippen molar-refractivity contribution in [2.75, 3.05) is 0 Å². The molecule has 0 N–H and O–H groups in total. The zero-order valence-electron chi connectivity index (χ0n) is 6.03. The summed E-state index contributed by atoms with van der Waals surface area (Å²) in [5.74, 6) is 0. The van der Waals surface area contributed by atoms with E-state index in [0.717, 1.165) is 6.20 Å². The summed E-state index contributed by atoms with van der Waals surface area (Å²) in [6.07, 6.45) is 2.58. The minimum absolute atomic E-state index is 0.120. The average Bonchev–Trinajstić information content (AvgIpc) is 2.04. The van der Waals surface area contributed by atoms with Crippen molar-refractivity contribution in [3.05, 3.63) is 39.7 Å². The maximum absolute atomic E-state index is 10.2. The summed E-state index contributed by atoms with van der Waals surface area (Å²) in [4.78, 5) is 13.4. The molecule has 0 aliphatic rings. The molecule has 0 aliphatic carbocycles. The topological polar surface area (TPSA) is 56.0 Å². The molecule has 1 rings (SSSR count). The van der Waals surface area contributed by atoms with Gasteiger partial charge in [0, 0.05) is 6.07 Å². The van der Waals surface area contributed by atoms with Gasteiger partial charge >= 0.3 is 0 Å². The Kier molecular flexibility index (Phi) is 2.40. The van der Waals surface area contributed by atoms with Gasteiger partial charge in [0.05, 0.1) is 15.6 Å². The number of nitrogens with zero attached hydrogens (tertiary/aromatic N) is 2. The second-order valence-corrected chi connectivity index (χ2v) is 2.43. The summed E-state index contributed by atoms with van der Waals surface area (Å²) < 4.78 is 0. The number of hydrogen-bond donors (Lipinski definition) is 0. The maximum Gasteiger partial charge on any atom is 0.289 e. The number of aromatic nitrogens is 1. The number of hydrogen-bond acceptors (Lipinski definition) is 3. The van der Waals surface area contributed by atoms with Crippen LogP contribution in [-0.2, 0) is 0 Å². The van der Waals surface area contributed by atoms with Crippen LogP contribution in [0.1, 0.15) is 5.69 Å². The SMILES string of the molecule is C=Cc1ncc([N+](=O)[O-])cc1Cl. The van der Waals surface area contributed by atoms with Crippen molar-refractivity contribution in [2.24, 2.45) is 0 Å². The summed E-state index contributed by atoms with van der Waals surface area (Å²) >= 11 is 5.64. The minimum atomic E-state index is -0.550. The molecule has 1 aromatic heterocycles. The van der Waals surface area contributed by atoms with E-state index in [9.17, 15) is 10.1 Å². The van der Waals surface area contributed by atoms with Crippen LogP contribution in [0.5, 0.6) is 0 Å². The number of rotatable bonds is 2. The highest BCUT2D eigenvalue weighted by Gasteiger charge is 2.08. The van der Waals surface area contributed by atoms with Gasteiger partial charge in [-0.15, -0.1) is 0 Å². The highest BCUT2D eigenvalue weighted by molar-refractivity contribution is 6.32. The summed E-state index contributed by atoms with van der Waals surface area (Å²) in [6, 6.07) is 1.24. The molecule has 0 fully saturated rings. The Balaban J connectivity index is 3.18. The third-order valence-electron chi connectivity index (χ3n) is 1.26. The maximum atomic E-state index is 10.2.